The summed E-state index contributed by atoms with van der Waals surface area (Å²) < 4.78 is 19.6. The number of hydrogen-bond acceptors (Lipinski definition) is 3. The van der Waals surface area contributed by atoms with Crippen LogP contribution in [0.1, 0.15) is 22.0 Å². The lowest BCUT2D eigenvalue weighted by atomic mass is 10.1. The number of methoxy groups -OCH3 is 1. The molecule has 1 amide bonds. The third kappa shape index (κ3) is 4.55. The summed E-state index contributed by atoms with van der Waals surface area (Å²) in [4.78, 5) is 14.3. The molecule has 1 unspecified atom stereocenters. The van der Waals surface area contributed by atoms with Crippen LogP contribution in [0.25, 0.3) is 0 Å². The Morgan fingerprint density at radius 2 is 1.92 bits per heavy atom. The van der Waals surface area contributed by atoms with Gasteiger partial charge in [-0.25, -0.2) is 4.39 Å². The van der Waals surface area contributed by atoms with E-state index in [-0.39, 0.29) is 11.6 Å². The molecule has 2 aromatic rings. The second kappa shape index (κ2) is 8.26. The van der Waals surface area contributed by atoms with E-state index in [1.54, 1.807) is 13.2 Å². The molecule has 24 heavy (non-hydrogen) atoms. The maximum atomic E-state index is 13.8. The Morgan fingerprint density at radius 1 is 1.25 bits per heavy atom. The number of carbonyl (C=O) groups excluding carboxylic acids is 1. The van der Waals surface area contributed by atoms with Crippen molar-refractivity contribution in [2.45, 2.75) is 6.04 Å². The quantitative estimate of drug-likeness (QED) is 0.813. The number of rotatable bonds is 6. The van der Waals surface area contributed by atoms with Gasteiger partial charge in [0, 0.05) is 11.0 Å². The fraction of sp³-hybridized carbons (Fsp3) is 0.278. The SMILES string of the molecule is COc1ccc(C(CNC(=O)c2cc(Br)ccc2F)N(C)C)cc1. The first-order valence-corrected chi connectivity index (χ1v) is 8.25. The molecule has 0 radical (unpaired) electrons. The van der Waals surface area contributed by atoms with Gasteiger partial charge < -0.3 is 15.0 Å². The first-order valence-electron chi connectivity index (χ1n) is 7.46. The highest BCUT2D eigenvalue weighted by Gasteiger charge is 2.18. The molecular formula is C18H20BrFN2O2. The summed E-state index contributed by atoms with van der Waals surface area (Å²) >= 11 is 3.25. The van der Waals surface area contributed by atoms with E-state index in [4.69, 9.17) is 4.74 Å². The molecule has 0 spiro atoms. The highest BCUT2D eigenvalue weighted by molar-refractivity contribution is 9.10. The molecule has 128 valence electrons. The zero-order valence-corrected chi connectivity index (χ0v) is 15.4. The van der Waals surface area contributed by atoms with Gasteiger partial charge in [-0.3, -0.25) is 4.79 Å². The molecule has 0 aromatic heterocycles. The molecule has 0 fully saturated rings. The minimum atomic E-state index is -0.540. The Balaban J connectivity index is 2.10. The molecule has 0 saturated carbocycles. The Labute approximate surface area is 149 Å². The maximum absolute atomic E-state index is 13.8. The lowest BCUT2D eigenvalue weighted by Gasteiger charge is -2.25. The largest absolute Gasteiger partial charge is 0.497 e. The van der Waals surface area contributed by atoms with Crippen molar-refractivity contribution in [3.63, 3.8) is 0 Å². The molecule has 0 saturated heterocycles. The Hall–Kier alpha value is -1.92. The van der Waals surface area contributed by atoms with Crippen molar-refractivity contribution in [3.8, 4) is 5.75 Å². The third-order valence-electron chi connectivity index (χ3n) is 3.75. The van der Waals surface area contributed by atoms with E-state index in [1.165, 1.54) is 12.1 Å². The van der Waals surface area contributed by atoms with Gasteiger partial charge in [0.1, 0.15) is 11.6 Å². The zero-order chi connectivity index (χ0) is 17.7. The standard InChI is InChI=1S/C18H20BrFN2O2/c1-22(2)17(12-4-7-14(24-3)8-5-12)11-21-18(23)15-10-13(19)6-9-16(15)20/h4-10,17H,11H2,1-3H3,(H,21,23). The second-order valence-electron chi connectivity index (χ2n) is 5.59. The topological polar surface area (TPSA) is 41.6 Å². The monoisotopic (exact) mass is 394 g/mol. The van der Waals surface area contributed by atoms with Crippen LogP contribution in [0.5, 0.6) is 5.75 Å². The summed E-state index contributed by atoms with van der Waals surface area (Å²) in [6, 6.07) is 11.9. The van der Waals surface area contributed by atoms with Crippen LogP contribution in [-0.2, 0) is 0 Å². The van der Waals surface area contributed by atoms with Crippen LogP contribution in [-0.4, -0.2) is 38.6 Å². The van der Waals surface area contributed by atoms with Crippen LogP contribution in [0.2, 0.25) is 0 Å². The molecule has 0 aliphatic heterocycles. The lowest BCUT2D eigenvalue weighted by molar-refractivity contribution is 0.0938. The highest BCUT2D eigenvalue weighted by Crippen LogP contribution is 2.21. The van der Waals surface area contributed by atoms with Gasteiger partial charge in [0.2, 0.25) is 0 Å². The lowest BCUT2D eigenvalue weighted by Crippen LogP contribution is -2.34. The van der Waals surface area contributed by atoms with E-state index in [0.29, 0.717) is 11.0 Å². The van der Waals surface area contributed by atoms with Crippen molar-refractivity contribution in [2.75, 3.05) is 27.7 Å². The average Bonchev–Trinajstić information content (AvgIpc) is 2.57. The Kier molecular flexibility index (Phi) is 6.34. The van der Waals surface area contributed by atoms with Crippen molar-refractivity contribution < 1.29 is 13.9 Å². The van der Waals surface area contributed by atoms with Gasteiger partial charge in [0.25, 0.3) is 5.91 Å². The van der Waals surface area contributed by atoms with Gasteiger partial charge in [-0.15, -0.1) is 0 Å². The van der Waals surface area contributed by atoms with E-state index in [0.717, 1.165) is 11.3 Å². The molecule has 0 heterocycles. The Bertz CT molecular complexity index is 705. The second-order valence-corrected chi connectivity index (χ2v) is 6.50. The molecule has 1 N–H and O–H groups in total. The molecule has 0 bridgehead atoms. The summed E-state index contributed by atoms with van der Waals surface area (Å²) in [6.07, 6.45) is 0. The van der Waals surface area contributed by atoms with Gasteiger partial charge in [-0.1, -0.05) is 28.1 Å². The number of amides is 1. The highest BCUT2D eigenvalue weighted by atomic mass is 79.9. The average molecular weight is 395 g/mol. The predicted molar refractivity (Wildman–Crippen MR) is 95.9 cm³/mol. The van der Waals surface area contributed by atoms with E-state index >= 15 is 0 Å². The van der Waals surface area contributed by atoms with Crippen molar-refractivity contribution in [1.82, 2.24) is 10.2 Å². The number of nitrogens with zero attached hydrogens (tertiary/aromatic N) is 1. The molecule has 0 aliphatic carbocycles. The van der Waals surface area contributed by atoms with E-state index < -0.39 is 11.7 Å². The normalized spacial score (nSPS) is 12.1. The number of ether oxygens (including phenoxy) is 1. The molecular weight excluding hydrogens is 375 g/mol. The fourth-order valence-electron chi connectivity index (χ4n) is 2.38. The van der Waals surface area contributed by atoms with Crippen LogP contribution < -0.4 is 10.1 Å². The van der Waals surface area contributed by atoms with Crippen LogP contribution in [0, 0.1) is 5.82 Å². The molecule has 2 aromatic carbocycles. The van der Waals surface area contributed by atoms with Gasteiger partial charge in [0.15, 0.2) is 0 Å². The molecule has 4 nitrogen and oxygen atoms in total. The van der Waals surface area contributed by atoms with Gasteiger partial charge in [-0.2, -0.15) is 0 Å². The minimum absolute atomic E-state index is 0.0246. The Morgan fingerprint density at radius 3 is 2.50 bits per heavy atom. The zero-order valence-electron chi connectivity index (χ0n) is 13.8. The maximum Gasteiger partial charge on any atom is 0.254 e. The van der Waals surface area contributed by atoms with Crippen LogP contribution in [0.3, 0.4) is 0 Å². The minimum Gasteiger partial charge on any atom is -0.497 e. The molecule has 6 heteroatoms. The number of likely N-dealkylation sites (N-methyl/N-ethyl adjacent to an activating group) is 1. The number of nitrogens with one attached hydrogen (secondary N) is 1. The van der Waals surface area contributed by atoms with E-state index in [9.17, 15) is 9.18 Å². The summed E-state index contributed by atoms with van der Waals surface area (Å²) in [7, 11) is 5.48. The number of halogens is 2. The third-order valence-corrected chi connectivity index (χ3v) is 4.25. The van der Waals surface area contributed by atoms with Gasteiger partial charge in [0.05, 0.1) is 18.7 Å². The molecule has 2 rings (SSSR count). The first-order chi connectivity index (χ1) is 11.4. The van der Waals surface area contributed by atoms with Gasteiger partial charge in [-0.05, 0) is 50.0 Å². The summed E-state index contributed by atoms with van der Waals surface area (Å²) in [5.74, 6) is -0.202. The predicted octanol–water partition coefficient (Wildman–Crippen LogP) is 3.63. The fourth-order valence-corrected chi connectivity index (χ4v) is 2.74. The van der Waals surface area contributed by atoms with Crippen LogP contribution in [0.15, 0.2) is 46.9 Å². The summed E-state index contributed by atoms with van der Waals surface area (Å²) in [5, 5.41) is 2.80. The van der Waals surface area contributed by atoms with Crippen LogP contribution in [0.4, 0.5) is 4.39 Å². The van der Waals surface area contributed by atoms with E-state index in [1.807, 2.05) is 43.3 Å². The summed E-state index contributed by atoms with van der Waals surface area (Å²) in [5.41, 5.74) is 1.06. The van der Waals surface area contributed by atoms with Crippen molar-refractivity contribution >= 4 is 21.8 Å². The number of carbonyl (C=O) groups is 1. The number of benzene rings is 2. The summed E-state index contributed by atoms with van der Waals surface area (Å²) in [6.45, 7) is 0.365. The number of hydrogen-bond donors (Lipinski definition) is 1. The van der Waals surface area contributed by atoms with Crippen LogP contribution >= 0.6 is 15.9 Å². The van der Waals surface area contributed by atoms with Crippen molar-refractivity contribution in [2.24, 2.45) is 0 Å². The molecule has 1 atom stereocenters. The van der Waals surface area contributed by atoms with Crippen molar-refractivity contribution in [1.29, 1.82) is 0 Å². The van der Waals surface area contributed by atoms with E-state index in [2.05, 4.69) is 21.2 Å². The molecule has 0 aliphatic rings. The first kappa shape index (κ1) is 18.4. The van der Waals surface area contributed by atoms with Crippen molar-refractivity contribution in [3.05, 3.63) is 63.9 Å². The van der Waals surface area contributed by atoms with Gasteiger partial charge >= 0.3 is 0 Å². The smallest absolute Gasteiger partial charge is 0.254 e.